The van der Waals surface area contributed by atoms with Crippen molar-refractivity contribution in [3.63, 3.8) is 0 Å². The van der Waals surface area contributed by atoms with Crippen LogP contribution in [0.3, 0.4) is 0 Å². The molecule has 29 heavy (non-hydrogen) atoms. The van der Waals surface area contributed by atoms with Gasteiger partial charge in [-0.05, 0) is 61.9 Å². The third kappa shape index (κ3) is 5.30. The summed E-state index contributed by atoms with van der Waals surface area (Å²) in [6, 6.07) is 17.1. The SMILES string of the molecule is CCOc1ccc(-c2ccc(=O)n(CCNS(=O)(=O)c3cccc(C)c3)n2)cc1. The highest BCUT2D eigenvalue weighted by Crippen LogP contribution is 2.19. The number of ether oxygens (including phenoxy) is 1. The molecule has 0 aliphatic carbocycles. The Bertz CT molecular complexity index is 1140. The van der Waals surface area contributed by atoms with Crippen LogP contribution in [0.4, 0.5) is 0 Å². The first-order valence-electron chi connectivity index (χ1n) is 9.27. The second-order valence-electron chi connectivity index (χ2n) is 6.45. The van der Waals surface area contributed by atoms with Gasteiger partial charge >= 0.3 is 0 Å². The lowest BCUT2D eigenvalue weighted by molar-refractivity contribution is 0.340. The molecule has 0 saturated carbocycles. The Labute approximate surface area is 170 Å². The molecule has 3 aromatic rings. The summed E-state index contributed by atoms with van der Waals surface area (Å²) in [6.07, 6.45) is 0. The number of hydrogen-bond acceptors (Lipinski definition) is 5. The highest BCUT2D eigenvalue weighted by molar-refractivity contribution is 7.89. The Morgan fingerprint density at radius 1 is 1.07 bits per heavy atom. The van der Waals surface area contributed by atoms with Gasteiger partial charge in [-0.25, -0.2) is 17.8 Å². The lowest BCUT2D eigenvalue weighted by Gasteiger charge is -2.10. The van der Waals surface area contributed by atoms with Crippen LogP contribution in [0.15, 0.2) is 70.4 Å². The molecule has 1 heterocycles. The van der Waals surface area contributed by atoms with Gasteiger partial charge in [-0.2, -0.15) is 5.10 Å². The van der Waals surface area contributed by atoms with Crippen molar-refractivity contribution < 1.29 is 13.2 Å². The van der Waals surface area contributed by atoms with E-state index in [1.807, 2.05) is 44.2 Å². The summed E-state index contributed by atoms with van der Waals surface area (Å²) in [5.41, 5.74) is 2.01. The van der Waals surface area contributed by atoms with E-state index in [9.17, 15) is 13.2 Å². The van der Waals surface area contributed by atoms with Crippen molar-refractivity contribution in [2.24, 2.45) is 0 Å². The van der Waals surface area contributed by atoms with Crippen molar-refractivity contribution in [3.8, 4) is 17.0 Å². The van der Waals surface area contributed by atoms with E-state index in [4.69, 9.17) is 4.74 Å². The van der Waals surface area contributed by atoms with Gasteiger partial charge < -0.3 is 4.74 Å². The van der Waals surface area contributed by atoms with Crippen LogP contribution in [-0.4, -0.2) is 31.3 Å². The summed E-state index contributed by atoms with van der Waals surface area (Å²) >= 11 is 0. The molecule has 0 unspecified atom stereocenters. The van der Waals surface area contributed by atoms with E-state index in [1.165, 1.54) is 16.8 Å². The van der Waals surface area contributed by atoms with Crippen LogP contribution in [0.1, 0.15) is 12.5 Å². The molecule has 0 amide bonds. The number of hydrogen-bond donors (Lipinski definition) is 1. The average molecular weight is 413 g/mol. The van der Waals surface area contributed by atoms with Gasteiger partial charge in [0.25, 0.3) is 5.56 Å². The van der Waals surface area contributed by atoms with Gasteiger partial charge in [0, 0.05) is 18.2 Å². The Morgan fingerprint density at radius 3 is 2.52 bits per heavy atom. The summed E-state index contributed by atoms with van der Waals surface area (Å²) < 4.78 is 34.0. The Hall–Kier alpha value is -2.97. The maximum atomic E-state index is 12.4. The van der Waals surface area contributed by atoms with E-state index < -0.39 is 10.0 Å². The van der Waals surface area contributed by atoms with Gasteiger partial charge in [-0.15, -0.1) is 0 Å². The Morgan fingerprint density at radius 2 is 1.83 bits per heavy atom. The maximum Gasteiger partial charge on any atom is 0.266 e. The van der Waals surface area contributed by atoms with E-state index in [2.05, 4.69) is 9.82 Å². The number of benzene rings is 2. The number of rotatable bonds is 8. The summed E-state index contributed by atoms with van der Waals surface area (Å²) in [5.74, 6) is 0.759. The monoisotopic (exact) mass is 413 g/mol. The summed E-state index contributed by atoms with van der Waals surface area (Å²) in [4.78, 5) is 12.3. The molecule has 152 valence electrons. The zero-order chi connectivity index (χ0) is 20.9. The van der Waals surface area contributed by atoms with E-state index in [0.717, 1.165) is 16.9 Å². The van der Waals surface area contributed by atoms with Crippen LogP contribution in [0.2, 0.25) is 0 Å². The molecular weight excluding hydrogens is 390 g/mol. The first kappa shape index (κ1) is 20.8. The van der Waals surface area contributed by atoms with Crippen molar-refractivity contribution in [2.75, 3.05) is 13.2 Å². The zero-order valence-electron chi connectivity index (χ0n) is 16.3. The van der Waals surface area contributed by atoms with E-state index >= 15 is 0 Å². The maximum absolute atomic E-state index is 12.4. The van der Waals surface area contributed by atoms with Crippen LogP contribution in [0.25, 0.3) is 11.3 Å². The highest BCUT2D eigenvalue weighted by atomic mass is 32.2. The molecule has 2 aromatic carbocycles. The minimum atomic E-state index is -3.65. The quantitative estimate of drug-likeness (QED) is 0.613. The second kappa shape index (κ2) is 9.02. The largest absolute Gasteiger partial charge is 0.494 e. The molecule has 0 bridgehead atoms. The number of sulfonamides is 1. The lowest BCUT2D eigenvalue weighted by atomic mass is 10.1. The van der Waals surface area contributed by atoms with Gasteiger partial charge in [-0.1, -0.05) is 12.1 Å². The number of aryl methyl sites for hydroxylation is 1. The van der Waals surface area contributed by atoms with Crippen molar-refractivity contribution in [3.05, 3.63) is 76.6 Å². The van der Waals surface area contributed by atoms with Crippen LogP contribution in [0, 0.1) is 6.92 Å². The van der Waals surface area contributed by atoms with Gasteiger partial charge in [0.2, 0.25) is 10.0 Å². The van der Waals surface area contributed by atoms with Crippen LogP contribution in [0.5, 0.6) is 5.75 Å². The molecule has 8 heteroatoms. The minimum Gasteiger partial charge on any atom is -0.494 e. The molecule has 0 atom stereocenters. The van der Waals surface area contributed by atoms with E-state index in [-0.39, 0.29) is 23.5 Å². The summed E-state index contributed by atoms with van der Waals surface area (Å²) in [5, 5.41) is 4.35. The van der Waals surface area contributed by atoms with E-state index in [1.54, 1.807) is 18.2 Å². The smallest absolute Gasteiger partial charge is 0.266 e. The van der Waals surface area contributed by atoms with Crippen molar-refractivity contribution in [1.29, 1.82) is 0 Å². The molecule has 0 aliphatic rings. The van der Waals surface area contributed by atoms with Gasteiger partial charge in [0.05, 0.1) is 23.7 Å². The fourth-order valence-electron chi connectivity index (χ4n) is 2.80. The topological polar surface area (TPSA) is 90.3 Å². The van der Waals surface area contributed by atoms with Crippen molar-refractivity contribution >= 4 is 10.0 Å². The second-order valence-corrected chi connectivity index (χ2v) is 8.22. The molecule has 0 radical (unpaired) electrons. The standard InChI is InChI=1S/C21H23N3O4S/c1-3-28-18-9-7-17(8-10-18)20-11-12-21(25)24(23-20)14-13-22-29(26,27)19-6-4-5-16(2)15-19/h4-12,15,22H,3,13-14H2,1-2H3. The highest BCUT2D eigenvalue weighted by Gasteiger charge is 2.13. The third-order valence-corrected chi connectivity index (χ3v) is 5.70. The molecule has 1 aromatic heterocycles. The molecule has 0 fully saturated rings. The third-order valence-electron chi connectivity index (χ3n) is 4.24. The predicted molar refractivity (Wildman–Crippen MR) is 111 cm³/mol. The Balaban J connectivity index is 1.71. The van der Waals surface area contributed by atoms with Crippen LogP contribution < -0.4 is 15.0 Å². The molecule has 0 saturated heterocycles. The molecular formula is C21H23N3O4S. The number of nitrogens with zero attached hydrogens (tertiary/aromatic N) is 2. The minimum absolute atomic E-state index is 0.0515. The molecule has 3 rings (SSSR count). The number of nitrogens with one attached hydrogen (secondary N) is 1. The van der Waals surface area contributed by atoms with Crippen LogP contribution in [-0.2, 0) is 16.6 Å². The first-order valence-corrected chi connectivity index (χ1v) is 10.7. The average Bonchev–Trinajstić information content (AvgIpc) is 2.70. The summed E-state index contributed by atoms with van der Waals surface area (Å²) in [7, 11) is -3.65. The fraction of sp³-hybridized carbons (Fsp3) is 0.238. The molecule has 0 spiro atoms. The van der Waals surface area contributed by atoms with Gasteiger partial charge in [0.1, 0.15) is 5.75 Å². The van der Waals surface area contributed by atoms with E-state index in [0.29, 0.717) is 12.3 Å². The molecule has 0 aliphatic heterocycles. The van der Waals surface area contributed by atoms with Crippen LogP contribution >= 0.6 is 0 Å². The van der Waals surface area contributed by atoms with Gasteiger partial charge in [-0.3, -0.25) is 4.79 Å². The molecule has 1 N–H and O–H groups in total. The zero-order valence-corrected chi connectivity index (χ0v) is 17.1. The predicted octanol–water partition coefficient (Wildman–Crippen LogP) is 2.60. The first-order chi connectivity index (χ1) is 13.9. The molecule has 7 nitrogen and oxygen atoms in total. The lowest BCUT2D eigenvalue weighted by Crippen LogP contribution is -2.32. The van der Waals surface area contributed by atoms with Gasteiger partial charge in [0.15, 0.2) is 0 Å². The fourth-order valence-corrected chi connectivity index (χ4v) is 3.93. The van der Waals surface area contributed by atoms with Crippen molar-refractivity contribution in [2.45, 2.75) is 25.3 Å². The number of aromatic nitrogens is 2. The normalized spacial score (nSPS) is 11.4. The Kier molecular flexibility index (Phi) is 6.46. The van der Waals surface area contributed by atoms with Crippen molar-refractivity contribution in [1.82, 2.24) is 14.5 Å². The summed E-state index contributed by atoms with van der Waals surface area (Å²) in [6.45, 7) is 4.50.